The summed E-state index contributed by atoms with van der Waals surface area (Å²) >= 11 is 0. The van der Waals surface area contributed by atoms with Crippen LogP contribution in [0.25, 0.3) is 11.4 Å². The van der Waals surface area contributed by atoms with E-state index >= 15 is 0 Å². The second-order valence-corrected chi connectivity index (χ2v) is 6.88. The van der Waals surface area contributed by atoms with Gasteiger partial charge in [-0.3, -0.25) is 4.98 Å². The molecular weight excluding hydrogens is 324 g/mol. The Hall–Kier alpha value is -2.64. The SMILES string of the molecule is O=S(=O)(NCCc1cnc(-c2ccccc2)nc1)c1cccnc1. The number of pyridine rings is 1. The highest BCUT2D eigenvalue weighted by Crippen LogP contribution is 2.13. The minimum atomic E-state index is -3.53. The van der Waals surface area contributed by atoms with Crippen molar-refractivity contribution in [3.8, 4) is 11.4 Å². The van der Waals surface area contributed by atoms with Crippen LogP contribution < -0.4 is 4.72 Å². The smallest absolute Gasteiger partial charge is 0.242 e. The third-order valence-electron chi connectivity index (χ3n) is 3.39. The second kappa shape index (κ2) is 7.29. The van der Waals surface area contributed by atoms with Gasteiger partial charge in [0.05, 0.1) is 0 Å². The van der Waals surface area contributed by atoms with E-state index in [0.717, 1.165) is 11.1 Å². The Balaban J connectivity index is 1.60. The second-order valence-electron chi connectivity index (χ2n) is 5.12. The summed E-state index contributed by atoms with van der Waals surface area (Å²) in [4.78, 5) is 12.6. The molecule has 0 amide bonds. The molecule has 0 bridgehead atoms. The van der Waals surface area contributed by atoms with E-state index < -0.39 is 10.0 Å². The molecule has 0 radical (unpaired) electrons. The number of aromatic nitrogens is 3. The summed E-state index contributed by atoms with van der Waals surface area (Å²) in [5, 5.41) is 0. The molecule has 0 aliphatic carbocycles. The summed E-state index contributed by atoms with van der Waals surface area (Å²) in [6.07, 6.45) is 6.79. The average molecular weight is 340 g/mol. The fourth-order valence-electron chi connectivity index (χ4n) is 2.14. The van der Waals surface area contributed by atoms with Crippen LogP contribution in [0.3, 0.4) is 0 Å². The van der Waals surface area contributed by atoms with Gasteiger partial charge in [-0.25, -0.2) is 23.1 Å². The van der Waals surface area contributed by atoms with E-state index in [4.69, 9.17) is 0 Å². The summed E-state index contributed by atoms with van der Waals surface area (Å²) in [5.41, 5.74) is 1.81. The Kier molecular flexibility index (Phi) is 4.93. The monoisotopic (exact) mass is 340 g/mol. The lowest BCUT2D eigenvalue weighted by atomic mass is 10.2. The molecule has 3 aromatic rings. The summed E-state index contributed by atoms with van der Waals surface area (Å²) in [6.45, 7) is 0.269. The molecule has 0 saturated heterocycles. The molecule has 0 saturated carbocycles. The van der Waals surface area contributed by atoms with E-state index in [1.807, 2.05) is 30.3 Å². The van der Waals surface area contributed by atoms with Gasteiger partial charge in [-0.05, 0) is 24.1 Å². The molecular formula is C17H16N4O2S. The van der Waals surface area contributed by atoms with Crippen molar-refractivity contribution in [3.05, 3.63) is 72.8 Å². The van der Waals surface area contributed by atoms with Crippen LogP contribution in [0.2, 0.25) is 0 Å². The van der Waals surface area contributed by atoms with E-state index in [2.05, 4.69) is 19.7 Å². The summed E-state index contributed by atoms with van der Waals surface area (Å²) < 4.78 is 26.7. The lowest BCUT2D eigenvalue weighted by molar-refractivity contribution is 0.581. The van der Waals surface area contributed by atoms with E-state index in [1.54, 1.807) is 18.5 Å². The quantitative estimate of drug-likeness (QED) is 0.742. The molecule has 6 nitrogen and oxygen atoms in total. The Morgan fingerprint density at radius 1 is 0.917 bits per heavy atom. The standard InChI is InChI=1S/C17H16N4O2S/c22-24(23,16-7-4-9-18-13-16)21-10-8-14-11-19-17(20-12-14)15-5-2-1-3-6-15/h1-7,9,11-13,21H,8,10H2. The zero-order valence-corrected chi connectivity index (χ0v) is 13.6. The van der Waals surface area contributed by atoms with Crippen LogP contribution in [0.15, 0.2) is 72.1 Å². The van der Waals surface area contributed by atoms with Crippen LogP contribution in [0.5, 0.6) is 0 Å². The minimum Gasteiger partial charge on any atom is -0.263 e. The van der Waals surface area contributed by atoms with Crippen molar-refractivity contribution in [1.82, 2.24) is 19.7 Å². The van der Waals surface area contributed by atoms with Crippen molar-refractivity contribution < 1.29 is 8.42 Å². The molecule has 0 aliphatic rings. The molecule has 2 heterocycles. The lowest BCUT2D eigenvalue weighted by Crippen LogP contribution is -2.26. The van der Waals surface area contributed by atoms with Crippen LogP contribution in [-0.2, 0) is 16.4 Å². The van der Waals surface area contributed by atoms with Gasteiger partial charge in [-0.1, -0.05) is 30.3 Å². The van der Waals surface area contributed by atoms with Crippen LogP contribution in [0.4, 0.5) is 0 Å². The van der Waals surface area contributed by atoms with Crippen molar-refractivity contribution in [1.29, 1.82) is 0 Å². The molecule has 3 rings (SSSR count). The predicted molar refractivity (Wildman–Crippen MR) is 90.6 cm³/mol. The van der Waals surface area contributed by atoms with E-state index in [9.17, 15) is 8.42 Å². The largest absolute Gasteiger partial charge is 0.263 e. The summed E-state index contributed by atoms with van der Waals surface area (Å²) in [7, 11) is -3.53. The first kappa shape index (κ1) is 16.2. The number of benzene rings is 1. The lowest BCUT2D eigenvalue weighted by Gasteiger charge is -2.06. The zero-order valence-electron chi connectivity index (χ0n) is 12.8. The molecule has 1 aromatic carbocycles. The molecule has 2 aromatic heterocycles. The third kappa shape index (κ3) is 4.01. The molecule has 0 fully saturated rings. The van der Waals surface area contributed by atoms with E-state index in [0.29, 0.717) is 12.2 Å². The number of sulfonamides is 1. The van der Waals surface area contributed by atoms with E-state index in [1.165, 1.54) is 18.5 Å². The van der Waals surface area contributed by atoms with Gasteiger partial charge in [0.2, 0.25) is 10.0 Å². The van der Waals surface area contributed by atoms with Crippen LogP contribution in [-0.4, -0.2) is 29.9 Å². The average Bonchev–Trinajstić information content (AvgIpc) is 2.64. The normalized spacial score (nSPS) is 11.3. The maximum Gasteiger partial charge on any atom is 0.242 e. The fourth-order valence-corrected chi connectivity index (χ4v) is 3.13. The first-order chi connectivity index (χ1) is 11.6. The third-order valence-corrected chi connectivity index (χ3v) is 4.83. The van der Waals surface area contributed by atoms with Crippen molar-refractivity contribution in [2.24, 2.45) is 0 Å². The molecule has 0 unspecified atom stereocenters. The molecule has 24 heavy (non-hydrogen) atoms. The Morgan fingerprint density at radius 2 is 1.67 bits per heavy atom. The summed E-state index contributed by atoms with van der Waals surface area (Å²) in [5.74, 6) is 0.648. The highest BCUT2D eigenvalue weighted by Gasteiger charge is 2.13. The van der Waals surface area contributed by atoms with Gasteiger partial charge < -0.3 is 0 Å². The molecule has 122 valence electrons. The molecule has 0 spiro atoms. The van der Waals surface area contributed by atoms with Crippen molar-refractivity contribution in [2.75, 3.05) is 6.54 Å². The maximum atomic E-state index is 12.1. The topological polar surface area (TPSA) is 84.8 Å². The number of hydrogen-bond acceptors (Lipinski definition) is 5. The molecule has 7 heteroatoms. The fraction of sp³-hybridized carbons (Fsp3) is 0.118. The maximum absolute atomic E-state index is 12.1. The zero-order chi connectivity index (χ0) is 16.8. The van der Waals surface area contributed by atoms with Gasteiger partial charge in [-0.2, -0.15) is 0 Å². The van der Waals surface area contributed by atoms with Crippen LogP contribution >= 0.6 is 0 Å². The predicted octanol–water partition coefficient (Wildman–Crippen LogP) is 2.06. The number of hydrogen-bond donors (Lipinski definition) is 1. The Labute approximate surface area is 140 Å². The Morgan fingerprint density at radius 3 is 2.33 bits per heavy atom. The van der Waals surface area contributed by atoms with Gasteiger partial charge in [0.25, 0.3) is 0 Å². The van der Waals surface area contributed by atoms with Crippen molar-refractivity contribution >= 4 is 10.0 Å². The number of nitrogens with one attached hydrogen (secondary N) is 1. The summed E-state index contributed by atoms with van der Waals surface area (Å²) in [6, 6.07) is 12.8. The van der Waals surface area contributed by atoms with Crippen LogP contribution in [0.1, 0.15) is 5.56 Å². The van der Waals surface area contributed by atoms with Crippen molar-refractivity contribution in [2.45, 2.75) is 11.3 Å². The number of nitrogens with zero attached hydrogens (tertiary/aromatic N) is 3. The first-order valence-corrected chi connectivity index (χ1v) is 8.89. The van der Waals surface area contributed by atoms with E-state index in [-0.39, 0.29) is 11.4 Å². The van der Waals surface area contributed by atoms with Gasteiger partial charge in [0.1, 0.15) is 4.90 Å². The van der Waals surface area contributed by atoms with Gasteiger partial charge in [0.15, 0.2) is 5.82 Å². The highest BCUT2D eigenvalue weighted by atomic mass is 32.2. The number of rotatable bonds is 6. The molecule has 0 atom stereocenters. The van der Waals surface area contributed by atoms with Crippen LogP contribution in [0, 0.1) is 0 Å². The minimum absolute atomic E-state index is 0.153. The van der Waals surface area contributed by atoms with Gasteiger partial charge >= 0.3 is 0 Å². The Bertz CT molecular complexity index is 883. The van der Waals surface area contributed by atoms with Gasteiger partial charge in [0, 0.05) is 36.9 Å². The highest BCUT2D eigenvalue weighted by molar-refractivity contribution is 7.89. The van der Waals surface area contributed by atoms with Crippen molar-refractivity contribution in [3.63, 3.8) is 0 Å². The van der Waals surface area contributed by atoms with Gasteiger partial charge in [-0.15, -0.1) is 0 Å². The first-order valence-electron chi connectivity index (χ1n) is 7.41. The molecule has 0 aliphatic heterocycles. The molecule has 1 N–H and O–H groups in total.